The highest BCUT2D eigenvalue weighted by Gasteiger charge is 2.12. The number of hydrogen-bond acceptors (Lipinski definition) is 7. The molecule has 0 bridgehead atoms. The molecule has 1 heterocycles. The topological polar surface area (TPSA) is 131 Å². The minimum atomic E-state index is -2.08. The number of nitrogens with one attached hydrogen (secondary N) is 2. The Morgan fingerprint density at radius 1 is 1.21 bits per heavy atom. The molecule has 10 nitrogen and oxygen atoms in total. The summed E-state index contributed by atoms with van der Waals surface area (Å²) in [5, 5.41) is 17.3. The molecule has 1 aromatic heterocycles. The lowest BCUT2D eigenvalue weighted by molar-refractivity contribution is 0.481. The van der Waals surface area contributed by atoms with E-state index >= 15 is 0 Å². The highest BCUT2D eigenvalue weighted by molar-refractivity contribution is 7.81. The third-order valence-corrected chi connectivity index (χ3v) is 6.36. The number of nitrogens with zero attached hydrogens (tertiary/aromatic N) is 4. The number of hydrogen-bond donors (Lipinski definition) is 2. The molecule has 0 aliphatic rings. The van der Waals surface area contributed by atoms with Crippen LogP contribution in [0.4, 0.5) is 5.69 Å². The van der Waals surface area contributed by atoms with Gasteiger partial charge in [0.05, 0.1) is 17.4 Å². The number of para-hydroxylation sites is 1. The summed E-state index contributed by atoms with van der Waals surface area (Å²) in [5.41, 5.74) is 1.72. The van der Waals surface area contributed by atoms with Crippen molar-refractivity contribution in [2.75, 3.05) is 4.72 Å². The van der Waals surface area contributed by atoms with Gasteiger partial charge in [-0.05, 0) is 37.1 Å². The molecule has 0 spiro atoms. The fraction of sp³-hybridized carbons (Fsp3) is 0.318. The van der Waals surface area contributed by atoms with Gasteiger partial charge < -0.3 is 8.37 Å². The van der Waals surface area contributed by atoms with Gasteiger partial charge in [-0.2, -0.15) is 13.7 Å². The number of rotatable bonds is 13. The molecule has 3 unspecified atom stereocenters. The molecule has 34 heavy (non-hydrogen) atoms. The van der Waals surface area contributed by atoms with Crippen LogP contribution in [0.15, 0.2) is 54.3 Å². The molecule has 0 amide bonds. The maximum atomic E-state index is 12.4. The number of nitriles is 1. The average molecular weight is 503 g/mol. The van der Waals surface area contributed by atoms with Crippen LogP contribution in [0, 0.1) is 11.3 Å². The lowest BCUT2D eigenvalue weighted by Crippen LogP contribution is -2.32. The third-order valence-electron chi connectivity index (χ3n) is 4.76. The summed E-state index contributed by atoms with van der Waals surface area (Å²) >= 11 is -3.80. The molecule has 0 saturated heterocycles. The van der Waals surface area contributed by atoms with Gasteiger partial charge in [0, 0.05) is 12.1 Å². The number of fused-ring (bicyclic) bond motifs is 1. The molecule has 0 radical (unpaired) electrons. The van der Waals surface area contributed by atoms with Crippen molar-refractivity contribution in [3.63, 3.8) is 0 Å². The van der Waals surface area contributed by atoms with Crippen molar-refractivity contribution in [2.24, 2.45) is 0 Å². The summed E-state index contributed by atoms with van der Waals surface area (Å²) in [6.45, 7) is 4.14. The zero-order chi connectivity index (χ0) is 24.3. The highest BCUT2D eigenvalue weighted by Crippen LogP contribution is 2.20. The molecule has 3 aromatic rings. The SMILES string of the molecule is CCCCC(CC)NS(=O)Oc1cccc(NS(=O)OC(C#N)=Cn2nnc3ccccc32)c1. The van der Waals surface area contributed by atoms with Crippen molar-refractivity contribution < 1.29 is 16.8 Å². The normalized spacial score (nSPS) is 14.2. The fourth-order valence-corrected chi connectivity index (χ4v) is 4.50. The highest BCUT2D eigenvalue weighted by atomic mass is 32.2. The van der Waals surface area contributed by atoms with Crippen molar-refractivity contribution in [2.45, 2.75) is 45.6 Å². The monoisotopic (exact) mass is 502 g/mol. The molecule has 2 N–H and O–H groups in total. The van der Waals surface area contributed by atoms with E-state index in [1.165, 1.54) is 16.9 Å². The van der Waals surface area contributed by atoms with Crippen LogP contribution in [-0.4, -0.2) is 29.5 Å². The Labute approximate surface area is 203 Å². The van der Waals surface area contributed by atoms with Crippen LogP contribution in [0.1, 0.15) is 39.5 Å². The van der Waals surface area contributed by atoms with E-state index in [9.17, 15) is 13.7 Å². The molecule has 3 atom stereocenters. The number of benzene rings is 2. The van der Waals surface area contributed by atoms with Gasteiger partial charge in [0.1, 0.15) is 17.3 Å². The van der Waals surface area contributed by atoms with Crippen LogP contribution in [0.3, 0.4) is 0 Å². The number of unbranched alkanes of at least 4 members (excludes halogenated alkanes) is 1. The maximum absolute atomic E-state index is 12.4. The largest absolute Gasteiger partial charge is 0.389 e. The molecule has 0 fully saturated rings. The molecule has 0 aliphatic heterocycles. The molecule has 0 aliphatic carbocycles. The van der Waals surface area contributed by atoms with Gasteiger partial charge in [0.15, 0.2) is 0 Å². The maximum Gasteiger partial charge on any atom is 0.316 e. The van der Waals surface area contributed by atoms with Gasteiger partial charge >= 0.3 is 11.3 Å². The Morgan fingerprint density at radius 2 is 2.03 bits per heavy atom. The molecule has 3 rings (SSSR count). The van der Waals surface area contributed by atoms with Crippen molar-refractivity contribution in [1.82, 2.24) is 19.7 Å². The van der Waals surface area contributed by atoms with Gasteiger partial charge in [-0.1, -0.05) is 50.1 Å². The van der Waals surface area contributed by atoms with E-state index in [2.05, 4.69) is 26.7 Å². The minimum Gasteiger partial charge on any atom is -0.389 e. The minimum absolute atomic E-state index is 0.0984. The summed E-state index contributed by atoms with van der Waals surface area (Å²) in [6.07, 6.45) is 5.16. The predicted molar refractivity (Wildman–Crippen MR) is 132 cm³/mol. The Balaban J connectivity index is 1.60. The van der Waals surface area contributed by atoms with Crippen LogP contribution in [-0.2, 0) is 26.7 Å². The van der Waals surface area contributed by atoms with E-state index in [0.29, 0.717) is 22.5 Å². The summed E-state index contributed by atoms with van der Waals surface area (Å²) in [6, 6.07) is 15.6. The van der Waals surface area contributed by atoms with E-state index in [1.54, 1.807) is 30.3 Å². The zero-order valence-corrected chi connectivity index (χ0v) is 20.5. The Morgan fingerprint density at radius 3 is 2.79 bits per heavy atom. The first-order chi connectivity index (χ1) is 16.5. The van der Waals surface area contributed by atoms with Crippen LogP contribution >= 0.6 is 0 Å². The van der Waals surface area contributed by atoms with Crippen LogP contribution in [0.25, 0.3) is 17.2 Å². The number of anilines is 1. The van der Waals surface area contributed by atoms with Crippen molar-refractivity contribution >= 4 is 45.5 Å². The number of aromatic nitrogens is 3. The van der Waals surface area contributed by atoms with Crippen molar-refractivity contribution in [3.8, 4) is 11.8 Å². The molecule has 12 heteroatoms. The van der Waals surface area contributed by atoms with Crippen LogP contribution in [0.5, 0.6) is 5.75 Å². The molecule has 0 saturated carbocycles. The summed E-state index contributed by atoms with van der Waals surface area (Å²) < 4.78 is 42.4. The quantitative estimate of drug-likeness (QED) is 0.267. The molecule has 180 valence electrons. The van der Waals surface area contributed by atoms with E-state index < -0.39 is 22.5 Å². The molecular weight excluding hydrogens is 476 g/mol. The van der Waals surface area contributed by atoms with E-state index in [4.69, 9.17) is 8.37 Å². The van der Waals surface area contributed by atoms with Gasteiger partial charge in [-0.15, -0.1) is 5.10 Å². The number of allylic oxidation sites excluding steroid dienone is 1. The third kappa shape index (κ3) is 7.38. The first-order valence-electron chi connectivity index (χ1n) is 10.8. The average Bonchev–Trinajstić information content (AvgIpc) is 3.24. The summed E-state index contributed by atoms with van der Waals surface area (Å²) in [4.78, 5) is 0. The molecular formula is C22H26N6O4S2. The van der Waals surface area contributed by atoms with Gasteiger partial charge in [0.25, 0.3) is 11.3 Å². The second kappa shape index (κ2) is 12.8. The molecule has 2 aromatic carbocycles. The van der Waals surface area contributed by atoms with E-state index in [1.807, 2.05) is 25.1 Å². The van der Waals surface area contributed by atoms with E-state index in [0.717, 1.165) is 25.7 Å². The van der Waals surface area contributed by atoms with Gasteiger partial charge in [-0.3, -0.25) is 4.72 Å². The Hall–Kier alpha value is -3.27. The van der Waals surface area contributed by atoms with Crippen molar-refractivity contribution in [1.29, 1.82) is 5.26 Å². The van der Waals surface area contributed by atoms with Gasteiger partial charge in [0.2, 0.25) is 5.76 Å². The summed E-state index contributed by atoms with van der Waals surface area (Å²) in [7, 11) is 0. The standard InChI is InChI=1S/C22H26N6O4S2/c1-3-5-9-17(4-2)25-33(29)31-19-11-8-10-18(14-19)26-34(30)32-20(15-23)16-28-22-13-7-6-12-21(22)24-27-28/h6-8,10-14,16-17,25-26H,3-5,9H2,1-2H3. The van der Waals surface area contributed by atoms with Crippen LogP contribution < -0.4 is 13.6 Å². The first-order valence-corrected chi connectivity index (χ1v) is 12.9. The summed E-state index contributed by atoms with van der Waals surface area (Å²) in [5.74, 6) is 0.0974. The second-order valence-electron chi connectivity index (χ2n) is 7.26. The lowest BCUT2D eigenvalue weighted by Gasteiger charge is -2.15. The van der Waals surface area contributed by atoms with Crippen LogP contribution in [0.2, 0.25) is 0 Å². The first kappa shape index (κ1) is 25.4. The van der Waals surface area contributed by atoms with Gasteiger partial charge in [-0.25, -0.2) is 9.40 Å². The van der Waals surface area contributed by atoms with E-state index in [-0.39, 0.29) is 11.8 Å². The fourth-order valence-electron chi connectivity index (χ4n) is 3.02. The second-order valence-corrected chi connectivity index (χ2v) is 8.97. The van der Waals surface area contributed by atoms with Crippen molar-refractivity contribution in [3.05, 3.63) is 54.3 Å². The lowest BCUT2D eigenvalue weighted by atomic mass is 10.1. The Bertz CT molecular complexity index is 1220. The Kier molecular flexibility index (Phi) is 9.57. The predicted octanol–water partition coefficient (Wildman–Crippen LogP) is 3.98. The smallest absolute Gasteiger partial charge is 0.316 e. The zero-order valence-electron chi connectivity index (χ0n) is 18.8.